The number of rotatable bonds is 0. The van der Waals surface area contributed by atoms with Crippen LogP contribution in [0.25, 0.3) is 0 Å². The van der Waals surface area contributed by atoms with Gasteiger partial charge in [0.25, 0.3) is 0 Å². The third kappa shape index (κ3) is 0.765. The molecule has 8 atom stereocenters. The molecule has 5 rings (SSSR count). The standard InChI is InChI=1S/C15H20/c1-2-4-11-14-10(3-1)12-8-5-6-9(7-8)13(12)15(11)14/h1-2,8-15H,3-7H2. The van der Waals surface area contributed by atoms with Crippen molar-refractivity contribution >= 4 is 0 Å². The molecule has 0 radical (unpaired) electrons. The lowest BCUT2D eigenvalue weighted by atomic mass is 9.72. The Morgan fingerprint density at radius 1 is 0.667 bits per heavy atom. The van der Waals surface area contributed by atoms with Crippen molar-refractivity contribution in [2.45, 2.75) is 32.1 Å². The average Bonchev–Trinajstić information content (AvgIpc) is 2.62. The summed E-state index contributed by atoms with van der Waals surface area (Å²) >= 11 is 0. The molecule has 5 aliphatic rings. The minimum Gasteiger partial charge on any atom is -0.0882 e. The van der Waals surface area contributed by atoms with Crippen molar-refractivity contribution in [2.75, 3.05) is 0 Å². The predicted molar refractivity (Wildman–Crippen MR) is 60.1 cm³/mol. The van der Waals surface area contributed by atoms with Gasteiger partial charge in [0, 0.05) is 0 Å². The van der Waals surface area contributed by atoms with Crippen molar-refractivity contribution in [3.8, 4) is 0 Å². The maximum Gasteiger partial charge on any atom is -0.0311 e. The topological polar surface area (TPSA) is 0 Å². The first-order valence-corrected chi connectivity index (χ1v) is 7.10. The molecule has 0 heteroatoms. The lowest BCUT2D eigenvalue weighted by Gasteiger charge is -2.32. The molecule has 0 spiro atoms. The van der Waals surface area contributed by atoms with Crippen LogP contribution in [0.15, 0.2) is 12.2 Å². The summed E-state index contributed by atoms with van der Waals surface area (Å²) in [5.74, 6) is 9.44. The number of hydrogen-bond acceptors (Lipinski definition) is 0. The number of fused-ring (bicyclic) bond motifs is 8. The van der Waals surface area contributed by atoms with Gasteiger partial charge in [0.15, 0.2) is 0 Å². The highest BCUT2D eigenvalue weighted by atomic mass is 14.8. The second kappa shape index (κ2) is 2.36. The quantitative estimate of drug-likeness (QED) is 0.525. The van der Waals surface area contributed by atoms with Gasteiger partial charge in [0.2, 0.25) is 0 Å². The Balaban J connectivity index is 1.59. The van der Waals surface area contributed by atoms with E-state index in [9.17, 15) is 0 Å². The van der Waals surface area contributed by atoms with Crippen molar-refractivity contribution in [1.82, 2.24) is 0 Å². The summed E-state index contributed by atoms with van der Waals surface area (Å²) in [6.07, 6.45) is 12.7. The molecule has 0 heterocycles. The zero-order chi connectivity index (χ0) is 9.57. The van der Waals surface area contributed by atoms with Crippen LogP contribution in [-0.4, -0.2) is 0 Å². The number of hydrogen-bond donors (Lipinski definition) is 0. The minimum absolute atomic E-state index is 1.14. The first kappa shape index (κ1) is 7.92. The lowest BCUT2D eigenvalue weighted by molar-refractivity contribution is 0.161. The fourth-order valence-electron chi connectivity index (χ4n) is 6.55. The Labute approximate surface area is 92.1 Å². The molecular formula is C15H20. The Morgan fingerprint density at radius 2 is 1.33 bits per heavy atom. The van der Waals surface area contributed by atoms with Crippen LogP contribution in [0.5, 0.6) is 0 Å². The summed E-state index contributed by atoms with van der Waals surface area (Å²) in [6, 6.07) is 0. The molecule has 0 saturated heterocycles. The largest absolute Gasteiger partial charge is 0.0882 e. The second-order valence-electron chi connectivity index (χ2n) is 6.91. The molecule has 0 aromatic carbocycles. The van der Waals surface area contributed by atoms with E-state index in [1.165, 1.54) is 48.3 Å². The van der Waals surface area contributed by atoms with Gasteiger partial charge in [-0.2, -0.15) is 0 Å². The van der Waals surface area contributed by atoms with E-state index in [2.05, 4.69) is 12.2 Å². The molecule has 8 unspecified atom stereocenters. The van der Waals surface area contributed by atoms with Crippen LogP contribution in [0.4, 0.5) is 0 Å². The molecule has 2 bridgehead atoms. The molecule has 4 saturated carbocycles. The first-order chi connectivity index (χ1) is 7.45. The van der Waals surface area contributed by atoms with Gasteiger partial charge in [-0.05, 0) is 79.4 Å². The molecular weight excluding hydrogens is 180 g/mol. The fraction of sp³-hybridized carbons (Fsp3) is 0.867. The van der Waals surface area contributed by atoms with Gasteiger partial charge >= 0.3 is 0 Å². The van der Waals surface area contributed by atoms with Gasteiger partial charge < -0.3 is 0 Å². The van der Waals surface area contributed by atoms with Gasteiger partial charge in [-0.15, -0.1) is 0 Å². The van der Waals surface area contributed by atoms with Gasteiger partial charge in [0.05, 0.1) is 0 Å². The van der Waals surface area contributed by atoms with Crippen molar-refractivity contribution in [3.05, 3.63) is 12.2 Å². The Bertz CT molecular complexity index is 342. The van der Waals surface area contributed by atoms with Crippen LogP contribution in [0.2, 0.25) is 0 Å². The Morgan fingerprint density at radius 3 is 2.13 bits per heavy atom. The minimum atomic E-state index is 1.14. The lowest BCUT2D eigenvalue weighted by Crippen LogP contribution is -2.27. The predicted octanol–water partition coefficient (Wildman–Crippen LogP) is 3.49. The first-order valence-electron chi connectivity index (χ1n) is 7.10. The van der Waals surface area contributed by atoms with E-state index < -0.39 is 0 Å². The maximum absolute atomic E-state index is 2.52. The van der Waals surface area contributed by atoms with Crippen LogP contribution in [0, 0.1) is 47.3 Å². The van der Waals surface area contributed by atoms with Crippen LogP contribution in [0.3, 0.4) is 0 Å². The Kier molecular flexibility index (Phi) is 1.25. The van der Waals surface area contributed by atoms with Crippen molar-refractivity contribution < 1.29 is 0 Å². The number of allylic oxidation sites excluding steroid dienone is 2. The molecule has 80 valence electrons. The van der Waals surface area contributed by atoms with E-state index in [0.29, 0.717) is 0 Å². The van der Waals surface area contributed by atoms with Crippen molar-refractivity contribution in [2.24, 2.45) is 47.3 Å². The molecule has 0 aromatic heterocycles. The summed E-state index contributed by atoms with van der Waals surface area (Å²) in [5.41, 5.74) is 0. The molecule has 0 amide bonds. The summed E-state index contributed by atoms with van der Waals surface area (Å²) in [4.78, 5) is 0. The van der Waals surface area contributed by atoms with Crippen molar-refractivity contribution in [3.63, 3.8) is 0 Å². The van der Waals surface area contributed by atoms with Gasteiger partial charge in [-0.1, -0.05) is 12.2 Å². The van der Waals surface area contributed by atoms with E-state index in [0.717, 1.165) is 11.8 Å². The van der Waals surface area contributed by atoms with Crippen LogP contribution in [0.1, 0.15) is 32.1 Å². The highest BCUT2D eigenvalue weighted by molar-refractivity contribution is 5.22. The molecule has 0 aromatic rings. The second-order valence-corrected chi connectivity index (χ2v) is 6.91. The summed E-state index contributed by atoms with van der Waals surface area (Å²) in [6.45, 7) is 0. The van der Waals surface area contributed by atoms with Gasteiger partial charge in [0.1, 0.15) is 0 Å². The third-order valence-corrected chi connectivity index (χ3v) is 6.76. The van der Waals surface area contributed by atoms with Gasteiger partial charge in [-0.25, -0.2) is 0 Å². The zero-order valence-electron chi connectivity index (χ0n) is 9.31. The molecule has 4 fully saturated rings. The fourth-order valence-corrected chi connectivity index (χ4v) is 6.55. The van der Waals surface area contributed by atoms with Crippen molar-refractivity contribution in [1.29, 1.82) is 0 Å². The van der Waals surface area contributed by atoms with Crippen LogP contribution >= 0.6 is 0 Å². The van der Waals surface area contributed by atoms with Gasteiger partial charge in [-0.3, -0.25) is 0 Å². The van der Waals surface area contributed by atoms with Crippen LogP contribution < -0.4 is 0 Å². The van der Waals surface area contributed by atoms with E-state index >= 15 is 0 Å². The van der Waals surface area contributed by atoms with Crippen LogP contribution in [-0.2, 0) is 0 Å². The van der Waals surface area contributed by atoms with E-state index in [4.69, 9.17) is 0 Å². The summed E-state index contributed by atoms with van der Waals surface area (Å²) in [5, 5.41) is 0. The normalized spacial score (nSPS) is 67.7. The molecule has 15 heavy (non-hydrogen) atoms. The Hall–Kier alpha value is -0.260. The monoisotopic (exact) mass is 200 g/mol. The molecule has 0 N–H and O–H groups in total. The van der Waals surface area contributed by atoms with E-state index in [1.54, 1.807) is 19.3 Å². The highest BCUT2D eigenvalue weighted by Gasteiger charge is 2.71. The highest BCUT2D eigenvalue weighted by Crippen LogP contribution is 2.76. The van der Waals surface area contributed by atoms with E-state index in [-0.39, 0.29) is 0 Å². The molecule has 0 aliphatic heterocycles. The summed E-state index contributed by atoms with van der Waals surface area (Å²) in [7, 11) is 0. The molecule has 5 aliphatic carbocycles. The smallest absolute Gasteiger partial charge is 0.0311 e. The third-order valence-electron chi connectivity index (χ3n) is 6.76. The van der Waals surface area contributed by atoms with E-state index in [1.807, 2.05) is 0 Å². The summed E-state index contributed by atoms with van der Waals surface area (Å²) < 4.78 is 0. The zero-order valence-corrected chi connectivity index (χ0v) is 9.31. The SMILES string of the molecule is C1=CCC2C3C(C1)C1C4CCC(C4)C1C23. The molecule has 0 nitrogen and oxygen atoms in total. The maximum atomic E-state index is 2.52. The average molecular weight is 200 g/mol.